The van der Waals surface area contributed by atoms with Gasteiger partial charge >= 0.3 is 0 Å². The van der Waals surface area contributed by atoms with Gasteiger partial charge in [-0.15, -0.1) is 0 Å². The zero-order chi connectivity index (χ0) is 14.0. The van der Waals surface area contributed by atoms with E-state index in [1.165, 1.54) is 0 Å². The van der Waals surface area contributed by atoms with E-state index in [9.17, 15) is 9.59 Å². The first kappa shape index (κ1) is 16.9. The molecule has 0 aliphatic rings. The van der Waals surface area contributed by atoms with E-state index in [1.54, 1.807) is 0 Å². The van der Waals surface area contributed by atoms with Crippen LogP contribution in [-0.2, 0) is 14.3 Å². The molecular weight excluding hydrogens is 232 g/mol. The fourth-order valence-electron chi connectivity index (χ4n) is 1.24. The molecule has 0 aliphatic heterocycles. The summed E-state index contributed by atoms with van der Waals surface area (Å²) in [6.45, 7) is 9.57. The number of nitrogens with one attached hydrogen (secondary N) is 2. The van der Waals surface area contributed by atoms with Crippen molar-refractivity contribution in [2.75, 3.05) is 26.3 Å². The van der Waals surface area contributed by atoms with Crippen LogP contribution >= 0.6 is 0 Å². The Bertz CT molecular complexity index is 253. The van der Waals surface area contributed by atoms with Crippen molar-refractivity contribution in [1.82, 2.24) is 10.6 Å². The predicted octanol–water partition coefficient (Wildman–Crippen LogP) is 0.937. The molecule has 0 aromatic carbocycles. The maximum atomic E-state index is 11.3. The standard InChI is InChI=1S/C13H26N2O3/c1-10(2)7-12(16)14-5-6-18-9-13(17)15-8-11(3)4/h10-11H,5-9H2,1-4H3,(H,14,16)(H,15,17). The number of carbonyl (C=O) groups is 2. The summed E-state index contributed by atoms with van der Waals surface area (Å²) in [4.78, 5) is 22.5. The zero-order valence-electron chi connectivity index (χ0n) is 11.9. The lowest BCUT2D eigenvalue weighted by Gasteiger charge is -2.09. The molecule has 5 heteroatoms. The van der Waals surface area contributed by atoms with Crippen molar-refractivity contribution < 1.29 is 14.3 Å². The van der Waals surface area contributed by atoms with Gasteiger partial charge in [-0.25, -0.2) is 0 Å². The second-order valence-electron chi connectivity index (χ2n) is 5.20. The van der Waals surface area contributed by atoms with Crippen molar-refractivity contribution in [3.8, 4) is 0 Å². The molecule has 0 aromatic rings. The molecule has 0 rings (SSSR count). The third-order valence-corrected chi connectivity index (χ3v) is 2.10. The fourth-order valence-corrected chi connectivity index (χ4v) is 1.24. The molecule has 0 radical (unpaired) electrons. The SMILES string of the molecule is CC(C)CNC(=O)COCCNC(=O)CC(C)C. The highest BCUT2D eigenvalue weighted by atomic mass is 16.5. The van der Waals surface area contributed by atoms with Gasteiger partial charge < -0.3 is 15.4 Å². The lowest BCUT2D eigenvalue weighted by atomic mass is 10.1. The molecule has 0 spiro atoms. The van der Waals surface area contributed by atoms with Crippen LogP contribution in [0.2, 0.25) is 0 Å². The van der Waals surface area contributed by atoms with E-state index >= 15 is 0 Å². The number of hydrogen-bond acceptors (Lipinski definition) is 3. The summed E-state index contributed by atoms with van der Waals surface area (Å²) in [7, 11) is 0. The number of amides is 2. The van der Waals surface area contributed by atoms with Crippen LogP contribution in [0.25, 0.3) is 0 Å². The van der Waals surface area contributed by atoms with Crippen molar-refractivity contribution in [1.29, 1.82) is 0 Å². The van der Waals surface area contributed by atoms with Crippen molar-refractivity contribution in [2.45, 2.75) is 34.1 Å². The second-order valence-corrected chi connectivity index (χ2v) is 5.20. The van der Waals surface area contributed by atoms with Gasteiger partial charge in [0.2, 0.25) is 11.8 Å². The summed E-state index contributed by atoms with van der Waals surface area (Å²) in [6, 6.07) is 0. The summed E-state index contributed by atoms with van der Waals surface area (Å²) < 4.78 is 5.16. The molecule has 0 saturated carbocycles. The minimum absolute atomic E-state index is 0.0258. The van der Waals surface area contributed by atoms with Crippen LogP contribution in [0.15, 0.2) is 0 Å². The van der Waals surface area contributed by atoms with Crippen molar-refractivity contribution in [3.63, 3.8) is 0 Å². The molecule has 0 unspecified atom stereocenters. The third-order valence-electron chi connectivity index (χ3n) is 2.10. The van der Waals surface area contributed by atoms with Crippen LogP contribution in [-0.4, -0.2) is 38.1 Å². The van der Waals surface area contributed by atoms with Gasteiger partial charge in [0.15, 0.2) is 0 Å². The Morgan fingerprint density at radius 3 is 2.22 bits per heavy atom. The molecular formula is C13H26N2O3. The maximum Gasteiger partial charge on any atom is 0.246 e. The average Bonchev–Trinajstić information content (AvgIpc) is 2.24. The molecule has 18 heavy (non-hydrogen) atoms. The molecule has 2 amide bonds. The molecule has 2 N–H and O–H groups in total. The topological polar surface area (TPSA) is 67.4 Å². The summed E-state index contributed by atoms with van der Waals surface area (Å²) in [5.41, 5.74) is 0. The largest absolute Gasteiger partial charge is 0.370 e. The Kier molecular flexibility index (Phi) is 9.28. The normalized spacial score (nSPS) is 10.8. The van der Waals surface area contributed by atoms with Gasteiger partial charge in [-0.05, 0) is 11.8 Å². The minimum Gasteiger partial charge on any atom is -0.370 e. The molecule has 0 saturated heterocycles. The van der Waals surface area contributed by atoms with Gasteiger partial charge in [0.25, 0.3) is 0 Å². The van der Waals surface area contributed by atoms with Crippen LogP contribution in [0.5, 0.6) is 0 Å². The van der Waals surface area contributed by atoms with Crippen LogP contribution in [0, 0.1) is 11.8 Å². The summed E-state index contributed by atoms with van der Waals surface area (Å²) in [5.74, 6) is 0.701. The first-order valence-electron chi connectivity index (χ1n) is 6.53. The lowest BCUT2D eigenvalue weighted by molar-refractivity contribution is -0.125. The minimum atomic E-state index is -0.114. The average molecular weight is 258 g/mol. The van der Waals surface area contributed by atoms with Crippen molar-refractivity contribution in [3.05, 3.63) is 0 Å². The smallest absolute Gasteiger partial charge is 0.246 e. The van der Waals surface area contributed by atoms with E-state index in [4.69, 9.17) is 4.74 Å². The monoisotopic (exact) mass is 258 g/mol. The second kappa shape index (κ2) is 9.88. The molecule has 0 heterocycles. The van der Waals surface area contributed by atoms with Crippen LogP contribution in [0.4, 0.5) is 0 Å². The predicted molar refractivity (Wildman–Crippen MR) is 71.1 cm³/mol. The van der Waals surface area contributed by atoms with Gasteiger partial charge in [-0.2, -0.15) is 0 Å². The quantitative estimate of drug-likeness (QED) is 0.605. The Labute approximate surface area is 110 Å². The highest BCUT2D eigenvalue weighted by Gasteiger charge is 2.04. The molecule has 0 aliphatic carbocycles. The molecule has 106 valence electrons. The van der Waals surface area contributed by atoms with E-state index in [-0.39, 0.29) is 18.4 Å². The van der Waals surface area contributed by atoms with Gasteiger partial charge in [-0.3, -0.25) is 9.59 Å². The molecule has 0 bridgehead atoms. The number of carbonyl (C=O) groups excluding carboxylic acids is 2. The highest BCUT2D eigenvalue weighted by Crippen LogP contribution is 1.97. The highest BCUT2D eigenvalue weighted by molar-refractivity contribution is 5.77. The van der Waals surface area contributed by atoms with Crippen LogP contribution in [0.3, 0.4) is 0 Å². The van der Waals surface area contributed by atoms with Crippen molar-refractivity contribution >= 4 is 11.8 Å². The van der Waals surface area contributed by atoms with Gasteiger partial charge in [0, 0.05) is 19.5 Å². The maximum absolute atomic E-state index is 11.3. The Balaban J connectivity index is 3.40. The molecule has 0 aromatic heterocycles. The number of hydrogen-bond donors (Lipinski definition) is 2. The fraction of sp³-hybridized carbons (Fsp3) is 0.846. The summed E-state index contributed by atoms with van der Waals surface area (Å²) in [5, 5.41) is 5.50. The number of rotatable bonds is 9. The van der Waals surface area contributed by atoms with E-state index in [0.717, 1.165) is 0 Å². The number of ether oxygens (including phenoxy) is 1. The van der Waals surface area contributed by atoms with Crippen LogP contribution in [0.1, 0.15) is 34.1 Å². The first-order chi connectivity index (χ1) is 8.41. The zero-order valence-corrected chi connectivity index (χ0v) is 11.9. The Morgan fingerprint density at radius 1 is 1.00 bits per heavy atom. The molecule has 0 fully saturated rings. The first-order valence-corrected chi connectivity index (χ1v) is 6.53. The molecule has 5 nitrogen and oxygen atoms in total. The van der Waals surface area contributed by atoms with Gasteiger partial charge in [-0.1, -0.05) is 27.7 Å². The Morgan fingerprint density at radius 2 is 1.67 bits per heavy atom. The summed E-state index contributed by atoms with van der Waals surface area (Å²) >= 11 is 0. The van der Waals surface area contributed by atoms with Gasteiger partial charge in [0.1, 0.15) is 6.61 Å². The van der Waals surface area contributed by atoms with E-state index in [1.807, 2.05) is 27.7 Å². The lowest BCUT2D eigenvalue weighted by Crippen LogP contribution is -2.32. The van der Waals surface area contributed by atoms with Gasteiger partial charge in [0.05, 0.1) is 6.61 Å². The Hall–Kier alpha value is -1.10. The molecule has 0 atom stereocenters. The van der Waals surface area contributed by atoms with E-state index in [0.29, 0.717) is 38.0 Å². The van der Waals surface area contributed by atoms with E-state index < -0.39 is 0 Å². The van der Waals surface area contributed by atoms with Crippen LogP contribution < -0.4 is 10.6 Å². The van der Waals surface area contributed by atoms with Crippen molar-refractivity contribution in [2.24, 2.45) is 11.8 Å². The summed E-state index contributed by atoms with van der Waals surface area (Å²) in [6.07, 6.45) is 0.523. The van der Waals surface area contributed by atoms with E-state index in [2.05, 4.69) is 10.6 Å². The third kappa shape index (κ3) is 11.4.